The maximum atomic E-state index is 11.1. The number of hydrogen-bond acceptors (Lipinski definition) is 3. The molecule has 2 aromatic carbocycles. The summed E-state index contributed by atoms with van der Waals surface area (Å²) in [6, 6.07) is 13.2. The van der Waals surface area contributed by atoms with Crippen LogP contribution in [0.5, 0.6) is 5.75 Å². The van der Waals surface area contributed by atoms with Crippen molar-refractivity contribution in [3.63, 3.8) is 0 Å². The summed E-state index contributed by atoms with van der Waals surface area (Å²) in [4.78, 5) is 11.1. The molecule has 0 atom stereocenters. The largest absolute Gasteiger partial charge is 0.455 e. The number of fused-ring (bicyclic) bond motifs is 1. The Balaban J connectivity index is 2.14. The van der Waals surface area contributed by atoms with E-state index in [1.54, 1.807) is 12.1 Å². The zero-order valence-electron chi connectivity index (χ0n) is 12.0. The number of carbonyl (C=O) groups excluding carboxylic acids is 1. The molecule has 0 aliphatic carbocycles. The molecule has 1 aromatic heterocycles. The van der Waals surface area contributed by atoms with Gasteiger partial charge in [-0.15, -0.1) is 0 Å². The molecule has 0 aliphatic heterocycles. The van der Waals surface area contributed by atoms with Gasteiger partial charge in [-0.05, 0) is 52.2 Å². The summed E-state index contributed by atoms with van der Waals surface area (Å²) in [6.45, 7) is 0. The Bertz CT molecular complexity index is 873. The molecule has 0 saturated heterocycles. The molecule has 0 saturated carbocycles. The van der Waals surface area contributed by atoms with Crippen LogP contribution in [0.4, 0.5) is 4.79 Å². The van der Waals surface area contributed by atoms with E-state index in [0.29, 0.717) is 17.1 Å². The number of hydrogen-bond donors (Lipinski definition) is 1. The minimum Gasteiger partial charge on any atom is -0.455 e. The molecule has 0 spiro atoms. The summed E-state index contributed by atoms with van der Waals surface area (Å²) >= 11 is 7.04. The Morgan fingerprint density at radius 2 is 2.00 bits per heavy atom. The molecule has 1 amide bonds. The predicted molar refractivity (Wildman–Crippen MR) is 97.1 cm³/mol. The lowest BCUT2D eigenvalue weighted by molar-refractivity contribution is 0.211. The van der Waals surface area contributed by atoms with E-state index in [9.17, 15) is 4.79 Å². The average molecular weight is 439 g/mol. The van der Waals surface area contributed by atoms with Gasteiger partial charge in [0.1, 0.15) is 11.3 Å². The number of nitrogens with two attached hydrogens (primary N) is 1. The Morgan fingerprint density at radius 3 is 2.74 bits per heavy atom. The van der Waals surface area contributed by atoms with E-state index in [1.165, 1.54) is 5.56 Å². The quantitative estimate of drug-likeness (QED) is 0.565. The number of carbonyl (C=O) groups is 1. The molecule has 3 aromatic rings. The smallest absolute Gasteiger partial charge is 0.409 e. The van der Waals surface area contributed by atoms with Crippen molar-refractivity contribution in [3.05, 3.63) is 52.5 Å². The van der Waals surface area contributed by atoms with E-state index >= 15 is 0 Å². The van der Waals surface area contributed by atoms with Gasteiger partial charge in [0.2, 0.25) is 0 Å². The molecule has 1 heterocycles. The monoisotopic (exact) mass is 437 g/mol. The van der Waals surface area contributed by atoms with E-state index in [-0.39, 0.29) is 0 Å². The van der Waals surface area contributed by atoms with Crippen molar-refractivity contribution in [2.24, 2.45) is 5.73 Å². The molecular formula is C17H13Br2NO3. The maximum Gasteiger partial charge on any atom is 0.409 e. The van der Waals surface area contributed by atoms with Gasteiger partial charge in [0.05, 0.1) is 10.0 Å². The van der Waals surface area contributed by atoms with Gasteiger partial charge in [-0.1, -0.05) is 34.1 Å². The number of benzene rings is 2. The van der Waals surface area contributed by atoms with Crippen molar-refractivity contribution in [1.82, 2.24) is 0 Å². The molecule has 0 unspecified atom stereocenters. The minimum atomic E-state index is -0.857. The molecular weight excluding hydrogens is 426 g/mol. The zero-order valence-corrected chi connectivity index (χ0v) is 15.2. The standard InChI is InChI=1S/C17H13Br2NO3/c18-8-7-10-5-6-14-12(9-10)15(19)16(22-14)11-3-1-2-4-13(11)23-17(20)21/h1-6,9H,7-8H2,(H2,20,21). The van der Waals surface area contributed by atoms with Gasteiger partial charge < -0.3 is 14.9 Å². The molecule has 23 heavy (non-hydrogen) atoms. The fraction of sp³-hybridized carbons (Fsp3) is 0.118. The third kappa shape index (κ3) is 3.28. The lowest BCUT2D eigenvalue weighted by Crippen LogP contribution is -2.16. The van der Waals surface area contributed by atoms with Crippen LogP contribution in [0.3, 0.4) is 0 Å². The van der Waals surface area contributed by atoms with Crippen LogP contribution in [0.25, 0.3) is 22.3 Å². The van der Waals surface area contributed by atoms with Crippen molar-refractivity contribution < 1.29 is 13.9 Å². The number of para-hydroxylation sites is 1. The summed E-state index contributed by atoms with van der Waals surface area (Å²) in [5.41, 5.74) is 7.77. The van der Waals surface area contributed by atoms with Gasteiger partial charge in [-0.3, -0.25) is 0 Å². The molecule has 6 heteroatoms. The second-order valence-corrected chi connectivity index (χ2v) is 6.52. The zero-order chi connectivity index (χ0) is 16.4. The van der Waals surface area contributed by atoms with E-state index in [1.807, 2.05) is 24.3 Å². The first kappa shape index (κ1) is 16.1. The normalized spacial score (nSPS) is 10.9. The summed E-state index contributed by atoms with van der Waals surface area (Å²) < 4.78 is 11.8. The molecule has 2 N–H and O–H groups in total. The summed E-state index contributed by atoms with van der Waals surface area (Å²) in [6.07, 6.45) is 0.0777. The van der Waals surface area contributed by atoms with Gasteiger partial charge in [-0.2, -0.15) is 0 Å². The van der Waals surface area contributed by atoms with Gasteiger partial charge in [0.25, 0.3) is 0 Å². The Morgan fingerprint density at radius 1 is 1.22 bits per heavy atom. The topological polar surface area (TPSA) is 65.5 Å². The third-order valence-electron chi connectivity index (χ3n) is 3.42. The van der Waals surface area contributed by atoms with E-state index in [4.69, 9.17) is 14.9 Å². The number of amides is 1. The lowest BCUT2D eigenvalue weighted by atomic mass is 10.1. The Hall–Kier alpha value is -1.79. The van der Waals surface area contributed by atoms with E-state index < -0.39 is 6.09 Å². The minimum absolute atomic E-state index is 0.362. The van der Waals surface area contributed by atoms with Crippen molar-refractivity contribution >= 4 is 48.9 Å². The van der Waals surface area contributed by atoms with Crippen LogP contribution in [0, 0.1) is 0 Å². The van der Waals surface area contributed by atoms with Crippen molar-refractivity contribution in [2.45, 2.75) is 6.42 Å². The molecule has 0 aliphatic rings. The second-order valence-electron chi connectivity index (χ2n) is 4.93. The highest BCUT2D eigenvalue weighted by molar-refractivity contribution is 9.10. The average Bonchev–Trinajstić information content (AvgIpc) is 2.85. The van der Waals surface area contributed by atoms with Gasteiger partial charge in [-0.25, -0.2) is 4.79 Å². The molecule has 0 radical (unpaired) electrons. The van der Waals surface area contributed by atoms with Crippen LogP contribution < -0.4 is 10.5 Å². The highest BCUT2D eigenvalue weighted by Gasteiger charge is 2.18. The highest BCUT2D eigenvalue weighted by atomic mass is 79.9. The fourth-order valence-corrected chi connectivity index (χ4v) is 3.47. The first-order chi connectivity index (χ1) is 11.1. The van der Waals surface area contributed by atoms with Crippen LogP contribution >= 0.6 is 31.9 Å². The van der Waals surface area contributed by atoms with Crippen LogP contribution in [0.2, 0.25) is 0 Å². The van der Waals surface area contributed by atoms with Gasteiger partial charge >= 0.3 is 6.09 Å². The van der Waals surface area contributed by atoms with E-state index in [0.717, 1.165) is 27.2 Å². The van der Waals surface area contributed by atoms with Gasteiger partial charge in [0, 0.05) is 10.7 Å². The number of alkyl halides is 1. The maximum absolute atomic E-state index is 11.1. The third-order valence-corrected chi connectivity index (χ3v) is 4.60. The van der Waals surface area contributed by atoms with Crippen molar-refractivity contribution in [2.75, 3.05) is 5.33 Å². The molecule has 3 rings (SSSR count). The van der Waals surface area contributed by atoms with Crippen LogP contribution in [0.15, 0.2) is 51.4 Å². The number of halogens is 2. The molecule has 118 valence electrons. The van der Waals surface area contributed by atoms with Gasteiger partial charge in [0.15, 0.2) is 5.76 Å². The molecule has 0 fully saturated rings. The number of primary amides is 1. The SMILES string of the molecule is NC(=O)Oc1ccccc1-c1oc2ccc(CCBr)cc2c1Br. The number of furan rings is 1. The first-order valence-corrected chi connectivity index (χ1v) is 8.85. The van der Waals surface area contributed by atoms with Crippen molar-refractivity contribution in [1.29, 1.82) is 0 Å². The predicted octanol–water partition coefficient (Wildman–Crippen LogP) is 5.26. The Labute approximate surface area is 149 Å². The molecule has 0 bridgehead atoms. The fourth-order valence-electron chi connectivity index (χ4n) is 2.40. The van der Waals surface area contributed by atoms with Crippen LogP contribution in [-0.4, -0.2) is 11.4 Å². The number of aryl methyl sites for hydroxylation is 1. The number of ether oxygens (including phenoxy) is 1. The summed E-state index contributed by atoms with van der Waals surface area (Å²) in [5.74, 6) is 0.966. The lowest BCUT2D eigenvalue weighted by Gasteiger charge is -2.06. The first-order valence-electron chi connectivity index (χ1n) is 6.93. The Kier molecular flexibility index (Phi) is 4.73. The van der Waals surface area contributed by atoms with Crippen LogP contribution in [0.1, 0.15) is 5.56 Å². The summed E-state index contributed by atoms with van der Waals surface area (Å²) in [7, 11) is 0. The second kappa shape index (κ2) is 6.76. The van der Waals surface area contributed by atoms with Crippen molar-refractivity contribution in [3.8, 4) is 17.1 Å². The van der Waals surface area contributed by atoms with E-state index in [2.05, 4.69) is 37.9 Å². The number of rotatable bonds is 4. The molecule has 4 nitrogen and oxygen atoms in total. The highest BCUT2D eigenvalue weighted by Crippen LogP contribution is 2.41. The van der Waals surface area contributed by atoms with Crippen LogP contribution in [-0.2, 0) is 6.42 Å². The summed E-state index contributed by atoms with van der Waals surface area (Å²) in [5, 5.41) is 1.88.